The van der Waals surface area contributed by atoms with Crippen molar-refractivity contribution < 1.29 is 4.79 Å². The molecule has 174 valence electrons. The summed E-state index contributed by atoms with van der Waals surface area (Å²) in [5.41, 5.74) is 4.20. The van der Waals surface area contributed by atoms with Gasteiger partial charge >= 0.3 is 0 Å². The predicted octanol–water partition coefficient (Wildman–Crippen LogP) is 4.19. The van der Waals surface area contributed by atoms with Crippen LogP contribution < -0.4 is 4.90 Å². The van der Waals surface area contributed by atoms with Gasteiger partial charge in [0.05, 0.1) is 29.0 Å². The number of carbonyl (C=O) groups is 1. The summed E-state index contributed by atoms with van der Waals surface area (Å²) in [5, 5.41) is 14.0. The normalized spacial score (nSPS) is 21.0. The Balaban J connectivity index is 1.35. The molecule has 1 amide bonds. The van der Waals surface area contributed by atoms with E-state index in [0.717, 1.165) is 66.0 Å². The fourth-order valence-corrected chi connectivity index (χ4v) is 5.44. The monoisotopic (exact) mass is 455 g/mol. The van der Waals surface area contributed by atoms with Crippen LogP contribution in [0.4, 0.5) is 5.82 Å². The zero-order valence-corrected chi connectivity index (χ0v) is 19.7. The van der Waals surface area contributed by atoms with Crippen LogP contribution in [0.15, 0.2) is 42.7 Å². The van der Waals surface area contributed by atoms with Crippen LogP contribution in [0.5, 0.6) is 0 Å². The molecule has 5 heterocycles. The van der Waals surface area contributed by atoms with Gasteiger partial charge in [-0.1, -0.05) is 25.1 Å². The Morgan fingerprint density at radius 2 is 2.00 bits per heavy atom. The fraction of sp³-hybridized carbons (Fsp3) is 0.423. The number of nitrogens with zero attached hydrogens (tertiary/aromatic N) is 7. The molecule has 6 rings (SSSR count). The number of hydrogen-bond donors (Lipinski definition) is 0. The van der Waals surface area contributed by atoms with Crippen molar-refractivity contribution in [2.75, 3.05) is 24.5 Å². The van der Waals surface area contributed by atoms with E-state index in [2.05, 4.69) is 41.2 Å². The summed E-state index contributed by atoms with van der Waals surface area (Å²) < 4.78 is 1.87. The Morgan fingerprint density at radius 3 is 2.85 bits per heavy atom. The van der Waals surface area contributed by atoms with E-state index in [0.29, 0.717) is 18.0 Å². The van der Waals surface area contributed by atoms with Gasteiger partial charge in [-0.25, -0.2) is 9.50 Å². The van der Waals surface area contributed by atoms with Gasteiger partial charge in [-0.3, -0.25) is 4.79 Å². The van der Waals surface area contributed by atoms with E-state index in [1.807, 2.05) is 33.7 Å². The van der Waals surface area contributed by atoms with Crippen molar-refractivity contribution >= 4 is 28.3 Å². The largest absolute Gasteiger partial charge is 0.356 e. The quantitative estimate of drug-likeness (QED) is 0.461. The minimum Gasteiger partial charge on any atom is -0.356 e. The van der Waals surface area contributed by atoms with Crippen LogP contribution in [0.25, 0.3) is 16.6 Å². The summed E-state index contributed by atoms with van der Waals surface area (Å²) in [7, 11) is 0. The third-order valence-electron chi connectivity index (χ3n) is 7.23. The molecule has 0 bridgehead atoms. The molecule has 8 heteroatoms. The molecule has 2 atom stereocenters. The summed E-state index contributed by atoms with van der Waals surface area (Å²) in [5.74, 6) is 1.73. The van der Waals surface area contributed by atoms with E-state index in [4.69, 9.17) is 10.1 Å². The molecule has 8 nitrogen and oxygen atoms in total. The van der Waals surface area contributed by atoms with E-state index in [9.17, 15) is 4.79 Å². The number of hydrogen-bond acceptors (Lipinski definition) is 6. The second kappa shape index (κ2) is 8.34. The molecular weight excluding hydrogens is 426 g/mol. The van der Waals surface area contributed by atoms with Gasteiger partial charge in [0, 0.05) is 42.8 Å². The summed E-state index contributed by atoms with van der Waals surface area (Å²) >= 11 is 0. The van der Waals surface area contributed by atoms with Crippen molar-refractivity contribution in [3.63, 3.8) is 0 Å². The first-order valence-corrected chi connectivity index (χ1v) is 12.2. The minimum absolute atomic E-state index is 0.0104. The second-order valence-electron chi connectivity index (χ2n) is 9.74. The Bertz CT molecular complexity index is 1380. The third kappa shape index (κ3) is 3.57. The van der Waals surface area contributed by atoms with Crippen molar-refractivity contribution in [3.8, 4) is 0 Å². The number of fused-ring (bicyclic) bond motifs is 2. The SMILES string of the molecule is Cc1cn2nc([C@@H]3CCCCN3C(=O)c3cnnc4ccccc34)cc2nc1N1CC[C@H](C)C1. The topological polar surface area (TPSA) is 79.5 Å². The van der Waals surface area contributed by atoms with Gasteiger partial charge in [-0.2, -0.15) is 15.3 Å². The van der Waals surface area contributed by atoms with Gasteiger partial charge < -0.3 is 9.80 Å². The highest BCUT2D eigenvalue weighted by molar-refractivity contribution is 6.05. The Hall–Kier alpha value is -3.55. The van der Waals surface area contributed by atoms with Gasteiger partial charge in [-0.15, -0.1) is 0 Å². The van der Waals surface area contributed by atoms with E-state index in [1.54, 1.807) is 6.20 Å². The average molecular weight is 456 g/mol. The lowest BCUT2D eigenvalue weighted by Crippen LogP contribution is -2.38. The van der Waals surface area contributed by atoms with E-state index in [1.165, 1.54) is 6.42 Å². The maximum atomic E-state index is 13.7. The Morgan fingerprint density at radius 1 is 1.12 bits per heavy atom. The van der Waals surface area contributed by atoms with Crippen LogP contribution in [0.3, 0.4) is 0 Å². The van der Waals surface area contributed by atoms with Gasteiger partial charge in [0.1, 0.15) is 5.82 Å². The molecule has 4 aromatic rings. The molecule has 0 spiro atoms. The van der Waals surface area contributed by atoms with Crippen molar-refractivity contribution in [2.24, 2.45) is 5.92 Å². The van der Waals surface area contributed by atoms with Crippen LogP contribution in [0.2, 0.25) is 0 Å². The fourth-order valence-electron chi connectivity index (χ4n) is 5.44. The van der Waals surface area contributed by atoms with Gasteiger partial charge in [-0.05, 0) is 44.6 Å². The first-order valence-electron chi connectivity index (χ1n) is 12.2. The average Bonchev–Trinajstić information content (AvgIpc) is 3.48. The third-order valence-corrected chi connectivity index (χ3v) is 7.23. The highest BCUT2D eigenvalue weighted by Crippen LogP contribution is 2.33. The highest BCUT2D eigenvalue weighted by Gasteiger charge is 2.32. The molecule has 3 aromatic heterocycles. The maximum absolute atomic E-state index is 13.7. The smallest absolute Gasteiger partial charge is 0.256 e. The van der Waals surface area contributed by atoms with E-state index in [-0.39, 0.29) is 11.9 Å². The van der Waals surface area contributed by atoms with Crippen LogP contribution in [-0.4, -0.2) is 55.2 Å². The van der Waals surface area contributed by atoms with E-state index >= 15 is 0 Å². The van der Waals surface area contributed by atoms with Crippen molar-refractivity contribution in [2.45, 2.75) is 45.6 Å². The first-order chi connectivity index (χ1) is 16.6. The Kier molecular flexibility index (Phi) is 5.16. The predicted molar refractivity (Wildman–Crippen MR) is 131 cm³/mol. The zero-order chi connectivity index (χ0) is 23.2. The number of amides is 1. The summed E-state index contributed by atoms with van der Waals surface area (Å²) in [6.45, 7) is 7.19. The summed E-state index contributed by atoms with van der Waals surface area (Å²) in [4.78, 5) is 23.0. The lowest BCUT2D eigenvalue weighted by atomic mass is 9.98. The lowest BCUT2D eigenvalue weighted by Gasteiger charge is -2.34. The Labute approximate surface area is 198 Å². The highest BCUT2D eigenvalue weighted by atomic mass is 16.2. The number of carbonyl (C=O) groups excluding carboxylic acids is 1. The number of piperidine rings is 1. The second-order valence-corrected chi connectivity index (χ2v) is 9.74. The molecule has 0 aliphatic carbocycles. The number of anilines is 1. The van der Waals surface area contributed by atoms with Gasteiger partial charge in [0.25, 0.3) is 5.91 Å². The first kappa shape index (κ1) is 21.0. The number of benzene rings is 1. The summed E-state index contributed by atoms with van der Waals surface area (Å²) in [6.07, 6.45) is 7.81. The number of aryl methyl sites for hydroxylation is 1. The number of aromatic nitrogens is 5. The minimum atomic E-state index is -0.0783. The van der Waals surface area contributed by atoms with Crippen LogP contribution in [-0.2, 0) is 0 Å². The van der Waals surface area contributed by atoms with Crippen LogP contribution >= 0.6 is 0 Å². The molecule has 2 saturated heterocycles. The lowest BCUT2D eigenvalue weighted by molar-refractivity contribution is 0.0607. The maximum Gasteiger partial charge on any atom is 0.256 e. The molecule has 0 saturated carbocycles. The molecule has 2 aliphatic heterocycles. The molecule has 0 unspecified atom stereocenters. The molecule has 0 N–H and O–H groups in total. The molecule has 2 fully saturated rings. The van der Waals surface area contributed by atoms with Crippen LogP contribution in [0.1, 0.15) is 60.3 Å². The van der Waals surface area contributed by atoms with Crippen molar-refractivity contribution in [1.29, 1.82) is 0 Å². The summed E-state index contributed by atoms with van der Waals surface area (Å²) in [6, 6.07) is 9.66. The van der Waals surface area contributed by atoms with Gasteiger partial charge in [0.15, 0.2) is 5.65 Å². The van der Waals surface area contributed by atoms with Gasteiger partial charge in [0.2, 0.25) is 0 Å². The molecule has 2 aliphatic rings. The van der Waals surface area contributed by atoms with E-state index < -0.39 is 0 Å². The van der Waals surface area contributed by atoms with Crippen LogP contribution in [0, 0.1) is 12.8 Å². The number of rotatable bonds is 3. The standard InChI is InChI=1S/C26H29N7O/c1-17-10-12-31(15-17)25-18(2)16-33-24(28-25)13-22(30-33)23-9-5-6-11-32(23)26(34)20-14-27-29-21-8-4-3-7-19(20)21/h3-4,7-8,13-14,16-17,23H,5-6,9-12,15H2,1-2H3/t17-,23-/m0/s1. The number of likely N-dealkylation sites (tertiary alicyclic amines) is 1. The van der Waals surface area contributed by atoms with Crippen molar-refractivity contribution in [1.82, 2.24) is 29.7 Å². The molecule has 1 aromatic carbocycles. The molecule has 34 heavy (non-hydrogen) atoms. The molecular formula is C26H29N7O. The molecule has 0 radical (unpaired) electrons. The van der Waals surface area contributed by atoms with Crippen molar-refractivity contribution in [3.05, 3.63) is 59.5 Å². The zero-order valence-electron chi connectivity index (χ0n) is 19.7.